The molecule has 0 aromatic heterocycles. The maximum Gasteiger partial charge on any atom is 0.305 e. The van der Waals surface area contributed by atoms with Crippen LogP contribution in [0.25, 0.3) is 0 Å². The van der Waals surface area contributed by atoms with Crippen molar-refractivity contribution in [1.82, 2.24) is 5.32 Å². The molecule has 4 nitrogen and oxygen atoms in total. The van der Waals surface area contributed by atoms with E-state index in [0.29, 0.717) is 32.4 Å². The van der Waals surface area contributed by atoms with E-state index in [4.69, 9.17) is 4.74 Å². The predicted molar refractivity (Wildman–Crippen MR) is 123 cm³/mol. The van der Waals surface area contributed by atoms with Crippen LogP contribution in [0.1, 0.15) is 109 Å². The number of rotatable bonds is 22. The van der Waals surface area contributed by atoms with E-state index < -0.39 is 0 Å². The molecule has 0 spiro atoms. The Labute approximate surface area is 179 Å². The molecule has 0 aliphatic heterocycles. The summed E-state index contributed by atoms with van der Waals surface area (Å²) in [5.41, 5.74) is 0. The number of carbonyl (C=O) groups is 2. The zero-order chi connectivity index (χ0) is 21.4. The van der Waals surface area contributed by atoms with Crippen LogP contribution in [-0.4, -0.2) is 25.0 Å². The van der Waals surface area contributed by atoms with Gasteiger partial charge in [0.2, 0.25) is 5.91 Å². The van der Waals surface area contributed by atoms with Gasteiger partial charge in [-0.2, -0.15) is 0 Å². The standard InChI is InChI=1S/C25H45NO3/c1-3-5-7-9-11-13-15-17-20-24(27)26-22-19-23-29-25(28)21-18-16-14-12-10-8-6-4-2/h3-4H,1-2,5-23H2,(H,26,27). The smallest absolute Gasteiger partial charge is 0.305 e. The fourth-order valence-electron chi connectivity index (χ4n) is 3.19. The Balaban J connectivity index is 3.30. The molecule has 0 aromatic carbocycles. The molecule has 0 aromatic rings. The number of allylic oxidation sites excluding steroid dienone is 2. The molecule has 0 heterocycles. The minimum Gasteiger partial charge on any atom is -0.466 e. The van der Waals surface area contributed by atoms with E-state index in [0.717, 1.165) is 38.5 Å². The van der Waals surface area contributed by atoms with Gasteiger partial charge in [-0.15, -0.1) is 13.2 Å². The lowest BCUT2D eigenvalue weighted by Gasteiger charge is -2.07. The molecule has 0 saturated heterocycles. The lowest BCUT2D eigenvalue weighted by atomic mass is 10.1. The second kappa shape index (κ2) is 22.7. The first-order valence-corrected chi connectivity index (χ1v) is 11.8. The van der Waals surface area contributed by atoms with Crippen molar-refractivity contribution in [2.75, 3.05) is 13.2 Å². The molecular weight excluding hydrogens is 362 g/mol. The Kier molecular flexibility index (Phi) is 21.5. The summed E-state index contributed by atoms with van der Waals surface area (Å²) in [5.74, 6) is -0.00727. The number of amides is 1. The first-order chi connectivity index (χ1) is 14.2. The van der Waals surface area contributed by atoms with Crippen LogP contribution < -0.4 is 5.32 Å². The first kappa shape index (κ1) is 27.4. The highest BCUT2D eigenvalue weighted by Gasteiger charge is 2.04. The summed E-state index contributed by atoms with van der Waals surface area (Å²) in [6.45, 7) is 8.43. The minimum absolute atomic E-state index is 0.107. The minimum atomic E-state index is -0.115. The molecule has 0 radical (unpaired) electrons. The van der Waals surface area contributed by atoms with Gasteiger partial charge in [-0.3, -0.25) is 9.59 Å². The summed E-state index contributed by atoms with van der Waals surface area (Å²) >= 11 is 0. The van der Waals surface area contributed by atoms with Crippen molar-refractivity contribution < 1.29 is 14.3 Å². The Bertz CT molecular complexity index is 382. The fourth-order valence-corrected chi connectivity index (χ4v) is 3.19. The van der Waals surface area contributed by atoms with Crippen molar-refractivity contribution in [1.29, 1.82) is 0 Å². The van der Waals surface area contributed by atoms with Crippen molar-refractivity contribution in [2.24, 2.45) is 0 Å². The molecule has 0 rings (SSSR count). The average Bonchev–Trinajstić information content (AvgIpc) is 2.71. The summed E-state index contributed by atoms with van der Waals surface area (Å²) in [6.07, 6.45) is 21.8. The normalized spacial score (nSPS) is 10.5. The van der Waals surface area contributed by atoms with E-state index in [-0.39, 0.29) is 11.9 Å². The highest BCUT2D eigenvalue weighted by Crippen LogP contribution is 2.10. The van der Waals surface area contributed by atoms with Crippen LogP contribution in [-0.2, 0) is 14.3 Å². The Morgan fingerprint density at radius 1 is 0.655 bits per heavy atom. The fraction of sp³-hybridized carbons (Fsp3) is 0.760. The molecule has 0 unspecified atom stereocenters. The van der Waals surface area contributed by atoms with Crippen LogP contribution >= 0.6 is 0 Å². The van der Waals surface area contributed by atoms with Crippen molar-refractivity contribution in [3.63, 3.8) is 0 Å². The molecule has 0 atom stereocenters. The molecule has 1 amide bonds. The van der Waals surface area contributed by atoms with Gasteiger partial charge in [0, 0.05) is 19.4 Å². The number of hydrogen-bond donors (Lipinski definition) is 1. The van der Waals surface area contributed by atoms with Crippen LogP contribution in [0.15, 0.2) is 25.3 Å². The van der Waals surface area contributed by atoms with Crippen LogP contribution in [0.4, 0.5) is 0 Å². The lowest BCUT2D eigenvalue weighted by Crippen LogP contribution is -2.25. The summed E-state index contributed by atoms with van der Waals surface area (Å²) in [5, 5.41) is 2.91. The topological polar surface area (TPSA) is 55.4 Å². The third-order valence-corrected chi connectivity index (χ3v) is 5.01. The first-order valence-electron chi connectivity index (χ1n) is 11.8. The van der Waals surface area contributed by atoms with Gasteiger partial charge in [0.15, 0.2) is 0 Å². The number of unbranched alkanes of at least 4 members (excludes halogenated alkanes) is 12. The van der Waals surface area contributed by atoms with Crippen molar-refractivity contribution >= 4 is 11.9 Å². The third kappa shape index (κ3) is 22.6. The summed E-state index contributed by atoms with van der Waals surface area (Å²) in [7, 11) is 0. The van der Waals surface area contributed by atoms with Gasteiger partial charge in [0.25, 0.3) is 0 Å². The Morgan fingerprint density at radius 2 is 1.14 bits per heavy atom. The van der Waals surface area contributed by atoms with Crippen molar-refractivity contribution in [3.05, 3.63) is 25.3 Å². The second-order valence-corrected chi connectivity index (χ2v) is 7.82. The van der Waals surface area contributed by atoms with Gasteiger partial charge in [-0.25, -0.2) is 0 Å². The van der Waals surface area contributed by atoms with Gasteiger partial charge >= 0.3 is 5.97 Å². The number of ether oxygens (including phenoxy) is 1. The van der Waals surface area contributed by atoms with Gasteiger partial charge in [-0.1, -0.05) is 63.5 Å². The number of hydrogen-bond acceptors (Lipinski definition) is 3. The molecule has 4 heteroatoms. The summed E-state index contributed by atoms with van der Waals surface area (Å²) in [4.78, 5) is 23.4. The lowest BCUT2D eigenvalue weighted by molar-refractivity contribution is -0.143. The molecule has 0 aliphatic carbocycles. The highest BCUT2D eigenvalue weighted by molar-refractivity contribution is 5.75. The van der Waals surface area contributed by atoms with E-state index in [1.807, 2.05) is 12.2 Å². The molecule has 0 aliphatic rings. The van der Waals surface area contributed by atoms with Gasteiger partial charge in [0.05, 0.1) is 6.61 Å². The van der Waals surface area contributed by atoms with Crippen LogP contribution in [0.2, 0.25) is 0 Å². The molecular formula is C25H45NO3. The molecule has 0 saturated carbocycles. The van der Waals surface area contributed by atoms with Crippen molar-refractivity contribution in [2.45, 2.75) is 109 Å². The molecule has 0 fully saturated rings. The zero-order valence-corrected chi connectivity index (χ0v) is 18.7. The second-order valence-electron chi connectivity index (χ2n) is 7.82. The molecule has 168 valence electrons. The summed E-state index contributed by atoms with van der Waals surface area (Å²) < 4.78 is 5.23. The van der Waals surface area contributed by atoms with Gasteiger partial charge < -0.3 is 10.1 Å². The van der Waals surface area contributed by atoms with E-state index in [1.54, 1.807) is 0 Å². The molecule has 0 bridgehead atoms. The van der Waals surface area contributed by atoms with E-state index in [9.17, 15) is 9.59 Å². The van der Waals surface area contributed by atoms with E-state index >= 15 is 0 Å². The molecule has 1 N–H and O–H groups in total. The highest BCUT2D eigenvalue weighted by atomic mass is 16.5. The SMILES string of the molecule is C=CCCCCCCCCC(=O)NCCCOC(=O)CCCCCCCCC=C. The monoisotopic (exact) mass is 407 g/mol. The summed E-state index contributed by atoms with van der Waals surface area (Å²) in [6, 6.07) is 0. The molecule has 29 heavy (non-hydrogen) atoms. The van der Waals surface area contributed by atoms with E-state index in [2.05, 4.69) is 18.5 Å². The number of nitrogens with one attached hydrogen (secondary N) is 1. The van der Waals surface area contributed by atoms with Crippen LogP contribution in [0, 0.1) is 0 Å². The van der Waals surface area contributed by atoms with Crippen molar-refractivity contribution in [3.8, 4) is 0 Å². The Hall–Kier alpha value is -1.58. The largest absolute Gasteiger partial charge is 0.466 e. The predicted octanol–water partition coefficient (Wildman–Crippen LogP) is 6.65. The quantitative estimate of drug-likeness (QED) is 0.124. The average molecular weight is 408 g/mol. The maximum atomic E-state index is 11.8. The van der Waals surface area contributed by atoms with Crippen LogP contribution in [0.3, 0.4) is 0 Å². The number of esters is 1. The Morgan fingerprint density at radius 3 is 1.69 bits per heavy atom. The van der Waals surface area contributed by atoms with Gasteiger partial charge in [0.1, 0.15) is 0 Å². The zero-order valence-electron chi connectivity index (χ0n) is 18.7. The van der Waals surface area contributed by atoms with Crippen LogP contribution in [0.5, 0.6) is 0 Å². The van der Waals surface area contributed by atoms with E-state index in [1.165, 1.54) is 51.4 Å². The number of carbonyl (C=O) groups excluding carboxylic acids is 2. The maximum absolute atomic E-state index is 11.8. The van der Waals surface area contributed by atoms with Gasteiger partial charge in [-0.05, 0) is 44.9 Å². The third-order valence-electron chi connectivity index (χ3n) is 5.01.